The molecule has 172 valence electrons. The van der Waals surface area contributed by atoms with Crippen LogP contribution in [0.4, 0.5) is 30.7 Å². The molecule has 0 saturated carbocycles. The number of nitrogens with zero attached hydrogens (tertiary/aromatic N) is 2. The Morgan fingerprint density at radius 1 is 0.969 bits per heavy atom. The Bertz CT molecular complexity index is 1080. The summed E-state index contributed by atoms with van der Waals surface area (Å²) in [7, 11) is 1.34. The van der Waals surface area contributed by atoms with Gasteiger partial charge >= 0.3 is 12.4 Å². The highest BCUT2D eigenvalue weighted by Gasteiger charge is 2.32. The highest BCUT2D eigenvalue weighted by atomic mass is 19.4. The number of aromatic nitrogens is 3. The van der Waals surface area contributed by atoms with Gasteiger partial charge in [0.1, 0.15) is 23.9 Å². The number of H-pyrrole nitrogens is 1. The number of ether oxygens (including phenoxy) is 2. The van der Waals surface area contributed by atoms with Crippen molar-refractivity contribution < 1.29 is 40.2 Å². The van der Waals surface area contributed by atoms with Gasteiger partial charge in [-0.1, -0.05) is 0 Å². The Labute approximate surface area is 177 Å². The Balaban J connectivity index is 1.72. The molecule has 0 spiro atoms. The van der Waals surface area contributed by atoms with Crippen LogP contribution in [-0.2, 0) is 19.2 Å². The lowest BCUT2D eigenvalue weighted by Crippen LogP contribution is -2.09. The van der Waals surface area contributed by atoms with Crippen molar-refractivity contribution in [3.8, 4) is 22.8 Å². The lowest BCUT2D eigenvalue weighted by molar-refractivity contribution is -0.138. The Morgan fingerprint density at radius 3 is 2.34 bits per heavy atom. The Kier molecular flexibility index (Phi) is 6.60. The third-order valence-electron chi connectivity index (χ3n) is 4.36. The highest BCUT2D eigenvalue weighted by molar-refractivity contribution is 5.63. The quantitative estimate of drug-likeness (QED) is 0.456. The van der Waals surface area contributed by atoms with Gasteiger partial charge in [-0.15, -0.1) is 0 Å². The van der Waals surface area contributed by atoms with Gasteiger partial charge in [-0.2, -0.15) is 26.3 Å². The number of aromatic amines is 1. The lowest BCUT2D eigenvalue weighted by atomic mass is 10.1. The highest BCUT2D eigenvalue weighted by Crippen LogP contribution is 2.33. The second-order valence-corrected chi connectivity index (χ2v) is 6.66. The molecule has 12 heteroatoms. The molecular weight excluding hydrogens is 447 g/mol. The van der Waals surface area contributed by atoms with Crippen molar-refractivity contribution in [1.29, 1.82) is 0 Å². The molecule has 0 aliphatic carbocycles. The van der Waals surface area contributed by atoms with Gasteiger partial charge in [0.2, 0.25) is 0 Å². The summed E-state index contributed by atoms with van der Waals surface area (Å²) in [5, 5.41) is 0. The molecule has 0 fully saturated rings. The SMILES string of the molecule is COc1cc(-c2cnc(CCC(F)(F)F)[nH]2)ccc1OCc1ncc(C(F)(F)F)cc1F. The minimum absolute atomic E-state index is 0.161. The Morgan fingerprint density at radius 2 is 1.72 bits per heavy atom. The van der Waals surface area contributed by atoms with E-state index in [0.717, 1.165) is 0 Å². The van der Waals surface area contributed by atoms with Gasteiger partial charge in [0, 0.05) is 18.2 Å². The topological polar surface area (TPSA) is 60.0 Å². The fourth-order valence-corrected chi connectivity index (χ4v) is 2.72. The maximum Gasteiger partial charge on any atom is 0.417 e. The van der Waals surface area contributed by atoms with Crippen LogP contribution in [0.2, 0.25) is 0 Å². The number of imidazole rings is 1. The summed E-state index contributed by atoms with van der Waals surface area (Å²) in [5.41, 5.74) is -0.553. The molecule has 3 aromatic rings. The van der Waals surface area contributed by atoms with E-state index in [9.17, 15) is 30.7 Å². The molecule has 0 radical (unpaired) electrons. The monoisotopic (exact) mass is 463 g/mol. The van der Waals surface area contributed by atoms with E-state index in [-0.39, 0.29) is 29.4 Å². The Hall–Kier alpha value is -3.31. The summed E-state index contributed by atoms with van der Waals surface area (Å²) in [6.45, 7) is -0.453. The van der Waals surface area contributed by atoms with E-state index in [1.807, 2.05) is 0 Å². The second kappa shape index (κ2) is 9.05. The van der Waals surface area contributed by atoms with Gasteiger partial charge in [0.15, 0.2) is 11.5 Å². The lowest BCUT2D eigenvalue weighted by Gasteiger charge is -2.13. The van der Waals surface area contributed by atoms with Crippen molar-refractivity contribution in [2.45, 2.75) is 31.8 Å². The fourth-order valence-electron chi connectivity index (χ4n) is 2.72. The number of alkyl halides is 6. The molecule has 0 unspecified atom stereocenters. The second-order valence-electron chi connectivity index (χ2n) is 6.66. The van der Waals surface area contributed by atoms with Crippen LogP contribution in [0.15, 0.2) is 36.7 Å². The van der Waals surface area contributed by atoms with Gasteiger partial charge in [0.25, 0.3) is 0 Å². The van der Waals surface area contributed by atoms with Gasteiger partial charge in [0.05, 0.1) is 31.0 Å². The summed E-state index contributed by atoms with van der Waals surface area (Å²) in [6.07, 6.45) is -8.43. The van der Waals surface area contributed by atoms with E-state index in [4.69, 9.17) is 9.47 Å². The number of methoxy groups -OCH3 is 1. The van der Waals surface area contributed by atoms with E-state index in [2.05, 4.69) is 15.0 Å². The van der Waals surface area contributed by atoms with Crippen LogP contribution < -0.4 is 9.47 Å². The molecule has 0 aliphatic rings. The molecule has 32 heavy (non-hydrogen) atoms. The first-order valence-corrected chi connectivity index (χ1v) is 9.10. The number of hydrogen-bond acceptors (Lipinski definition) is 4. The van der Waals surface area contributed by atoms with Crippen LogP contribution in [0.1, 0.15) is 23.5 Å². The largest absolute Gasteiger partial charge is 0.493 e. The van der Waals surface area contributed by atoms with Crippen LogP contribution in [-0.4, -0.2) is 28.2 Å². The van der Waals surface area contributed by atoms with Crippen molar-refractivity contribution in [3.05, 3.63) is 59.6 Å². The van der Waals surface area contributed by atoms with Gasteiger partial charge in [-0.3, -0.25) is 4.98 Å². The van der Waals surface area contributed by atoms with Crippen LogP contribution in [0.3, 0.4) is 0 Å². The van der Waals surface area contributed by atoms with Gasteiger partial charge in [-0.05, 0) is 24.3 Å². The van der Waals surface area contributed by atoms with Crippen LogP contribution in [0.25, 0.3) is 11.3 Å². The smallest absolute Gasteiger partial charge is 0.417 e. The first-order chi connectivity index (χ1) is 15.0. The van der Waals surface area contributed by atoms with Crippen molar-refractivity contribution >= 4 is 0 Å². The van der Waals surface area contributed by atoms with E-state index >= 15 is 0 Å². The van der Waals surface area contributed by atoms with Gasteiger partial charge in [-0.25, -0.2) is 9.37 Å². The van der Waals surface area contributed by atoms with E-state index in [1.54, 1.807) is 6.07 Å². The number of halogens is 7. The number of rotatable bonds is 7. The van der Waals surface area contributed by atoms with Crippen LogP contribution in [0.5, 0.6) is 11.5 Å². The molecule has 0 saturated heterocycles. The summed E-state index contributed by atoms with van der Waals surface area (Å²) in [5.74, 6) is -0.629. The first-order valence-electron chi connectivity index (χ1n) is 9.10. The average Bonchev–Trinajstić information content (AvgIpc) is 3.19. The minimum atomic E-state index is -4.72. The minimum Gasteiger partial charge on any atom is -0.493 e. The number of nitrogens with one attached hydrogen (secondary N) is 1. The molecule has 2 aromatic heterocycles. The predicted octanol–water partition coefficient (Wildman–Crippen LogP) is 5.71. The third kappa shape index (κ3) is 5.89. The molecular formula is C20H16F7N3O2. The zero-order valence-corrected chi connectivity index (χ0v) is 16.4. The molecule has 0 bridgehead atoms. The number of aryl methyl sites for hydroxylation is 1. The summed E-state index contributed by atoms with van der Waals surface area (Å²) in [6, 6.07) is 4.88. The van der Waals surface area contributed by atoms with Crippen LogP contribution >= 0.6 is 0 Å². The fraction of sp³-hybridized carbons (Fsp3) is 0.300. The average molecular weight is 463 g/mol. The van der Waals surface area contributed by atoms with E-state index in [1.165, 1.54) is 25.4 Å². The summed E-state index contributed by atoms with van der Waals surface area (Å²) >= 11 is 0. The molecule has 0 aliphatic heterocycles. The van der Waals surface area contributed by atoms with Crippen molar-refractivity contribution in [2.24, 2.45) is 0 Å². The molecule has 0 atom stereocenters. The zero-order chi connectivity index (χ0) is 23.5. The zero-order valence-electron chi connectivity index (χ0n) is 16.4. The van der Waals surface area contributed by atoms with Crippen molar-refractivity contribution in [2.75, 3.05) is 7.11 Å². The standard InChI is InChI=1S/C20H16F7N3O2/c1-31-17-6-11(14-9-29-18(30-14)4-5-19(22,23)24)2-3-16(17)32-10-15-13(21)7-12(8-28-15)20(25,26)27/h2-3,6-9H,4-5,10H2,1H3,(H,29,30). The third-order valence-corrected chi connectivity index (χ3v) is 4.36. The maximum absolute atomic E-state index is 13.9. The molecule has 1 N–H and O–H groups in total. The normalized spacial score (nSPS) is 12.1. The number of hydrogen-bond donors (Lipinski definition) is 1. The van der Waals surface area contributed by atoms with Crippen molar-refractivity contribution in [1.82, 2.24) is 15.0 Å². The van der Waals surface area contributed by atoms with E-state index < -0.39 is 36.8 Å². The molecule has 5 nitrogen and oxygen atoms in total. The van der Waals surface area contributed by atoms with E-state index in [0.29, 0.717) is 23.5 Å². The molecule has 3 rings (SSSR count). The van der Waals surface area contributed by atoms with Crippen molar-refractivity contribution in [3.63, 3.8) is 0 Å². The predicted molar refractivity (Wildman–Crippen MR) is 98.5 cm³/mol. The number of benzene rings is 1. The molecule has 2 heterocycles. The summed E-state index contributed by atoms with van der Waals surface area (Å²) < 4.78 is 99.5. The van der Waals surface area contributed by atoms with Gasteiger partial charge < -0.3 is 14.5 Å². The maximum atomic E-state index is 13.9. The van der Waals surface area contributed by atoms with Crippen LogP contribution in [0, 0.1) is 5.82 Å². The summed E-state index contributed by atoms with van der Waals surface area (Å²) in [4.78, 5) is 10.2. The molecule has 0 amide bonds. The number of pyridine rings is 1. The first kappa shape index (κ1) is 23.4. The molecule has 1 aromatic carbocycles.